The Labute approximate surface area is 148 Å². The average molecular weight is 355 g/mol. The van der Waals surface area contributed by atoms with E-state index >= 15 is 0 Å². The summed E-state index contributed by atoms with van der Waals surface area (Å²) in [6.45, 7) is 1.27. The summed E-state index contributed by atoms with van der Waals surface area (Å²) in [4.78, 5) is 23.3. The largest absolute Gasteiger partial charge is 0.481 e. The number of carboxylic acid groups (broad SMARTS) is 1. The van der Waals surface area contributed by atoms with Gasteiger partial charge in [-0.25, -0.2) is 9.97 Å². The maximum absolute atomic E-state index is 11.2. The van der Waals surface area contributed by atoms with Crippen LogP contribution in [0.25, 0.3) is 21.3 Å². The number of aliphatic carboxylic acids is 1. The number of rotatable bonds is 5. The second kappa shape index (κ2) is 6.42. The van der Waals surface area contributed by atoms with Crippen molar-refractivity contribution in [3.05, 3.63) is 41.5 Å². The number of anilines is 1. The van der Waals surface area contributed by atoms with Crippen molar-refractivity contribution in [1.29, 1.82) is 0 Å². The lowest BCUT2D eigenvalue weighted by atomic mass is 9.99. The zero-order valence-corrected chi connectivity index (χ0v) is 14.5. The number of carboxylic acids is 1. The molecule has 0 atom stereocenters. The zero-order valence-electron chi connectivity index (χ0n) is 13.7. The van der Waals surface area contributed by atoms with Gasteiger partial charge in [-0.05, 0) is 5.56 Å². The van der Waals surface area contributed by atoms with Crippen molar-refractivity contribution >= 4 is 33.3 Å². The van der Waals surface area contributed by atoms with Crippen LogP contribution in [-0.4, -0.2) is 41.2 Å². The molecule has 7 heteroatoms. The molecule has 0 saturated carbocycles. The second-order valence-corrected chi connectivity index (χ2v) is 6.89. The van der Waals surface area contributed by atoms with Gasteiger partial charge in [0, 0.05) is 31.1 Å². The molecule has 0 aliphatic carbocycles. The number of fused-ring (bicyclic) bond motifs is 1. The van der Waals surface area contributed by atoms with Crippen LogP contribution in [0.15, 0.2) is 35.7 Å². The molecule has 128 valence electrons. The fourth-order valence-corrected chi connectivity index (χ4v) is 3.99. The number of carbonyl (C=O) groups is 1. The first kappa shape index (κ1) is 16.0. The highest BCUT2D eigenvalue weighted by Crippen LogP contribution is 2.40. The van der Waals surface area contributed by atoms with Gasteiger partial charge < -0.3 is 14.7 Å². The van der Waals surface area contributed by atoms with E-state index in [0.717, 1.165) is 27.2 Å². The summed E-state index contributed by atoms with van der Waals surface area (Å²) < 4.78 is 5.18. The van der Waals surface area contributed by atoms with Crippen LogP contribution in [0.1, 0.15) is 5.82 Å². The summed E-state index contributed by atoms with van der Waals surface area (Å²) in [7, 11) is 1.61. The van der Waals surface area contributed by atoms with E-state index in [-0.39, 0.29) is 5.92 Å². The summed E-state index contributed by atoms with van der Waals surface area (Å²) in [6, 6.07) is 10.1. The van der Waals surface area contributed by atoms with E-state index in [1.54, 1.807) is 18.4 Å². The van der Waals surface area contributed by atoms with Gasteiger partial charge in [0.25, 0.3) is 0 Å². The van der Waals surface area contributed by atoms with Gasteiger partial charge in [0.15, 0.2) is 5.82 Å². The number of thiophene rings is 1. The highest BCUT2D eigenvalue weighted by Gasteiger charge is 2.35. The van der Waals surface area contributed by atoms with E-state index in [1.165, 1.54) is 0 Å². The molecule has 2 aromatic heterocycles. The summed E-state index contributed by atoms with van der Waals surface area (Å²) >= 11 is 1.57. The first-order valence-electron chi connectivity index (χ1n) is 7.97. The van der Waals surface area contributed by atoms with Crippen molar-refractivity contribution in [1.82, 2.24) is 9.97 Å². The number of ether oxygens (including phenoxy) is 1. The van der Waals surface area contributed by atoms with Crippen molar-refractivity contribution in [2.75, 3.05) is 25.1 Å². The molecule has 1 aromatic carbocycles. The van der Waals surface area contributed by atoms with E-state index in [4.69, 9.17) is 9.84 Å². The predicted octanol–water partition coefficient (Wildman–Crippen LogP) is 3.03. The van der Waals surface area contributed by atoms with Gasteiger partial charge in [0.05, 0.1) is 11.3 Å². The summed E-state index contributed by atoms with van der Waals surface area (Å²) in [5.74, 6) is 0.321. The molecule has 0 spiro atoms. The van der Waals surface area contributed by atoms with E-state index in [9.17, 15) is 4.79 Å². The lowest BCUT2D eigenvalue weighted by Gasteiger charge is -2.38. The number of benzene rings is 1. The van der Waals surface area contributed by atoms with Gasteiger partial charge in [0.1, 0.15) is 17.3 Å². The lowest BCUT2D eigenvalue weighted by Crippen LogP contribution is -2.51. The first-order valence-corrected chi connectivity index (χ1v) is 8.85. The molecule has 1 N–H and O–H groups in total. The Morgan fingerprint density at radius 2 is 2.08 bits per heavy atom. The normalized spacial score (nSPS) is 14.7. The minimum atomic E-state index is -0.757. The van der Waals surface area contributed by atoms with Gasteiger partial charge in [-0.1, -0.05) is 30.3 Å². The third kappa shape index (κ3) is 2.85. The van der Waals surface area contributed by atoms with Gasteiger partial charge in [0.2, 0.25) is 0 Å². The standard InChI is InChI=1S/C18H17N3O3S/c1-24-9-14-19-16(21-7-12(8-21)18(22)23)15-13(10-25-17(15)20-14)11-5-3-2-4-6-11/h2-6,10,12H,7-9H2,1H3,(H,22,23). The molecule has 6 nitrogen and oxygen atoms in total. The third-order valence-corrected chi connectivity index (χ3v) is 5.22. The van der Waals surface area contributed by atoms with Crippen LogP contribution in [0.2, 0.25) is 0 Å². The Morgan fingerprint density at radius 1 is 1.32 bits per heavy atom. The van der Waals surface area contributed by atoms with Gasteiger partial charge in [-0.3, -0.25) is 4.79 Å². The molecule has 0 amide bonds. The molecule has 4 rings (SSSR count). The van der Waals surface area contributed by atoms with Crippen LogP contribution in [0.5, 0.6) is 0 Å². The fraction of sp³-hybridized carbons (Fsp3) is 0.278. The lowest BCUT2D eigenvalue weighted by molar-refractivity contribution is -0.142. The Bertz CT molecular complexity index is 920. The molecule has 0 radical (unpaired) electrons. The number of methoxy groups -OCH3 is 1. The highest BCUT2D eigenvalue weighted by atomic mass is 32.1. The Balaban J connectivity index is 1.83. The molecule has 1 fully saturated rings. The van der Waals surface area contributed by atoms with Crippen molar-refractivity contribution in [3.8, 4) is 11.1 Å². The van der Waals surface area contributed by atoms with E-state index in [0.29, 0.717) is 25.5 Å². The predicted molar refractivity (Wildman–Crippen MR) is 96.9 cm³/mol. The van der Waals surface area contributed by atoms with Crippen molar-refractivity contribution in [2.24, 2.45) is 5.92 Å². The second-order valence-electron chi connectivity index (χ2n) is 6.03. The smallest absolute Gasteiger partial charge is 0.310 e. The monoisotopic (exact) mass is 355 g/mol. The summed E-state index contributed by atoms with van der Waals surface area (Å²) in [5, 5.41) is 12.2. The molecule has 1 aliphatic rings. The number of nitrogens with zero attached hydrogens (tertiary/aromatic N) is 3. The number of hydrogen-bond acceptors (Lipinski definition) is 6. The van der Waals surface area contributed by atoms with E-state index in [1.807, 2.05) is 23.1 Å². The highest BCUT2D eigenvalue weighted by molar-refractivity contribution is 7.17. The van der Waals surface area contributed by atoms with Crippen LogP contribution >= 0.6 is 11.3 Å². The van der Waals surface area contributed by atoms with Crippen molar-refractivity contribution in [2.45, 2.75) is 6.61 Å². The fourth-order valence-electron chi connectivity index (χ4n) is 3.03. The van der Waals surface area contributed by atoms with E-state index in [2.05, 4.69) is 27.5 Å². The molecular weight excluding hydrogens is 338 g/mol. The molecule has 25 heavy (non-hydrogen) atoms. The van der Waals surface area contributed by atoms with Crippen LogP contribution in [-0.2, 0) is 16.1 Å². The topological polar surface area (TPSA) is 75.5 Å². The maximum atomic E-state index is 11.2. The molecule has 1 aliphatic heterocycles. The number of hydrogen-bond donors (Lipinski definition) is 1. The Morgan fingerprint density at radius 3 is 2.76 bits per heavy atom. The Kier molecular flexibility index (Phi) is 4.10. The van der Waals surface area contributed by atoms with Gasteiger partial charge in [-0.2, -0.15) is 0 Å². The van der Waals surface area contributed by atoms with Gasteiger partial charge >= 0.3 is 5.97 Å². The third-order valence-electron chi connectivity index (χ3n) is 4.35. The van der Waals surface area contributed by atoms with Crippen LogP contribution < -0.4 is 4.90 Å². The average Bonchev–Trinajstić information content (AvgIpc) is 2.98. The van der Waals surface area contributed by atoms with Crippen LogP contribution in [0.3, 0.4) is 0 Å². The van der Waals surface area contributed by atoms with E-state index < -0.39 is 5.97 Å². The van der Waals surface area contributed by atoms with Crippen molar-refractivity contribution in [3.63, 3.8) is 0 Å². The molecule has 0 unspecified atom stereocenters. The summed E-state index contributed by atoms with van der Waals surface area (Å²) in [5.41, 5.74) is 2.19. The van der Waals surface area contributed by atoms with Crippen molar-refractivity contribution < 1.29 is 14.6 Å². The molecule has 3 heterocycles. The van der Waals surface area contributed by atoms with Crippen LogP contribution in [0.4, 0.5) is 5.82 Å². The first-order chi connectivity index (χ1) is 12.2. The molecular formula is C18H17N3O3S. The molecule has 0 bridgehead atoms. The number of aromatic nitrogens is 2. The Hall–Kier alpha value is -2.51. The maximum Gasteiger partial charge on any atom is 0.310 e. The minimum absolute atomic E-state index is 0.331. The van der Waals surface area contributed by atoms with Crippen LogP contribution in [0, 0.1) is 5.92 Å². The minimum Gasteiger partial charge on any atom is -0.481 e. The summed E-state index contributed by atoms with van der Waals surface area (Å²) in [6.07, 6.45) is 0. The SMILES string of the molecule is COCc1nc(N2CC(C(=O)O)C2)c2c(-c3ccccc3)csc2n1. The van der Waals surface area contributed by atoms with Gasteiger partial charge in [-0.15, -0.1) is 11.3 Å². The zero-order chi connectivity index (χ0) is 17.4. The molecule has 1 saturated heterocycles. The molecule has 3 aromatic rings. The quantitative estimate of drug-likeness (QED) is 0.758.